The summed E-state index contributed by atoms with van der Waals surface area (Å²) >= 11 is 6.10. The first-order valence-electron chi connectivity index (χ1n) is 12.4. The molecule has 39 heavy (non-hydrogen) atoms. The van der Waals surface area contributed by atoms with Crippen LogP contribution < -0.4 is 10.2 Å². The van der Waals surface area contributed by atoms with Crippen molar-refractivity contribution in [3.05, 3.63) is 130 Å². The van der Waals surface area contributed by atoms with Crippen LogP contribution in [-0.2, 0) is 24.6 Å². The van der Waals surface area contributed by atoms with Crippen molar-refractivity contribution >= 4 is 23.3 Å². The van der Waals surface area contributed by atoms with E-state index in [1.54, 1.807) is 35.2 Å². The van der Waals surface area contributed by atoms with E-state index in [4.69, 9.17) is 11.6 Å². The Balaban J connectivity index is 1.71. The topological polar surface area (TPSA) is 45.2 Å². The van der Waals surface area contributed by atoms with E-state index in [0.717, 1.165) is 24.1 Å². The van der Waals surface area contributed by atoms with Crippen LogP contribution in [0.4, 0.5) is 28.0 Å². The Morgan fingerprint density at radius 1 is 0.949 bits per heavy atom. The zero-order valence-electron chi connectivity index (χ0n) is 20.7. The van der Waals surface area contributed by atoms with Crippen LogP contribution in [0.5, 0.6) is 0 Å². The highest BCUT2D eigenvalue weighted by molar-refractivity contribution is 6.30. The molecule has 0 fully saturated rings. The van der Waals surface area contributed by atoms with E-state index in [1.807, 2.05) is 24.3 Å². The molecule has 0 spiro atoms. The highest BCUT2D eigenvalue weighted by atomic mass is 35.5. The summed E-state index contributed by atoms with van der Waals surface area (Å²) in [6, 6.07) is 21.3. The Kier molecular flexibility index (Phi) is 7.32. The number of amides is 2. The largest absolute Gasteiger partial charge is 0.416 e. The average molecular weight is 554 g/mol. The smallest absolute Gasteiger partial charge is 0.322 e. The quantitative estimate of drug-likeness (QED) is 0.259. The Bertz CT molecular complexity index is 1480. The molecule has 5 rings (SSSR count). The number of urea groups is 1. The molecule has 0 unspecified atom stereocenters. The van der Waals surface area contributed by atoms with Gasteiger partial charge in [-0.25, -0.2) is 9.18 Å². The molecule has 1 aromatic heterocycles. The molecular formula is C30H24ClF4N3O. The number of alkyl halides is 3. The highest BCUT2D eigenvalue weighted by Crippen LogP contribution is 2.38. The van der Waals surface area contributed by atoms with Crippen LogP contribution in [0.3, 0.4) is 0 Å². The summed E-state index contributed by atoms with van der Waals surface area (Å²) in [6.45, 7) is 0.412. The normalized spacial score (nSPS) is 14.8. The maximum absolute atomic E-state index is 14.8. The van der Waals surface area contributed by atoms with E-state index in [0.29, 0.717) is 35.3 Å². The molecule has 4 aromatic rings. The Morgan fingerprint density at radius 3 is 2.38 bits per heavy atom. The summed E-state index contributed by atoms with van der Waals surface area (Å²) in [5, 5.41) is 3.30. The van der Waals surface area contributed by atoms with Crippen LogP contribution in [0.15, 0.2) is 91.1 Å². The molecule has 4 nitrogen and oxygen atoms in total. The van der Waals surface area contributed by atoms with Gasteiger partial charge >= 0.3 is 12.2 Å². The van der Waals surface area contributed by atoms with E-state index in [-0.39, 0.29) is 17.7 Å². The van der Waals surface area contributed by atoms with Gasteiger partial charge in [0.1, 0.15) is 11.4 Å². The van der Waals surface area contributed by atoms with Gasteiger partial charge in [-0.15, -0.1) is 0 Å². The Hall–Kier alpha value is -3.91. The molecule has 0 saturated heterocycles. The van der Waals surface area contributed by atoms with Crippen LogP contribution >= 0.6 is 11.6 Å². The number of para-hydroxylation sites is 1. The second-order valence-corrected chi connectivity index (χ2v) is 9.91. The Labute approximate surface area is 228 Å². The van der Waals surface area contributed by atoms with Crippen molar-refractivity contribution in [3.8, 4) is 0 Å². The monoisotopic (exact) mass is 553 g/mol. The number of halogens is 5. The summed E-state index contributed by atoms with van der Waals surface area (Å²) in [4.78, 5) is 20.0. The fraction of sp³-hybridized carbons (Fsp3) is 0.200. The summed E-state index contributed by atoms with van der Waals surface area (Å²) in [7, 11) is 0. The minimum Gasteiger partial charge on any atom is -0.322 e. The van der Waals surface area contributed by atoms with E-state index in [1.165, 1.54) is 18.3 Å². The molecule has 2 amide bonds. The molecule has 0 saturated carbocycles. The number of rotatable bonds is 5. The number of hydrogen-bond acceptors (Lipinski definition) is 2. The van der Waals surface area contributed by atoms with Crippen LogP contribution in [0, 0.1) is 5.82 Å². The molecule has 200 valence electrons. The maximum atomic E-state index is 14.8. The number of nitrogens with zero attached hydrogens (tertiary/aromatic N) is 2. The third kappa shape index (κ3) is 5.61. The summed E-state index contributed by atoms with van der Waals surface area (Å²) in [6.07, 6.45) is -1.94. The van der Waals surface area contributed by atoms with Crippen LogP contribution in [0.25, 0.3) is 0 Å². The lowest BCUT2D eigenvalue weighted by Gasteiger charge is -2.39. The number of pyridine rings is 1. The minimum absolute atomic E-state index is 0.00441. The number of benzene rings is 3. The maximum Gasteiger partial charge on any atom is 0.416 e. The summed E-state index contributed by atoms with van der Waals surface area (Å²) < 4.78 is 56.4. The first kappa shape index (κ1) is 26.7. The molecule has 0 aliphatic carbocycles. The first-order valence-corrected chi connectivity index (χ1v) is 12.8. The fourth-order valence-corrected chi connectivity index (χ4v) is 5.16. The van der Waals surface area contributed by atoms with Gasteiger partial charge in [-0.05, 0) is 65.9 Å². The summed E-state index contributed by atoms with van der Waals surface area (Å²) in [5.41, 5.74) is -0.304. The fourth-order valence-electron chi connectivity index (χ4n) is 5.05. The van der Waals surface area contributed by atoms with Crippen LogP contribution in [-0.4, -0.2) is 17.6 Å². The van der Waals surface area contributed by atoms with Crippen molar-refractivity contribution < 1.29 is 22.4 Å². The number of carbonyl (C=O) groups is 1. The van der Waals surface area contributed by atoms with Crippen LogP contribution in [0.1, 0.15) is 34.4 Å². The number of carbonyl (C=O) groups excluding carboxylic acids is 1. The lowest BCUT2D eigenvalue weighted by molar-refractivity contribution is -0.137. The van der Waals surface area contributed by atoms with Gasteiger partial charge in [0.15, 0.2) is 0 Å². The molecular weight excluding hydrogens is 530 g/mol. The van der Waals surface area contributed by atoms with E-state index in [2.05, 4.69) is 10.3 Å². The number of aryl methyl sites for hydroxylation is 1. The van der Waals surface area contributed by atoms with Crippen molar-refractivity contribution in [2.75, 3.05) is 11.4 Å². The lowest BCUT2D eigenvalue weighted by Crippen LogP contribution is -2.54. The van der Waals surface area contributed by atoms with Crippen molar-refractivity contribution in [2.45, 2.75) is 31.0 Å². The van der Waals surface area contributed by atoms with Crippen molar-refractivity contribution in [3.63, 3.8) is 0 Å². The number of fused-ring (bicyclic) bond motifs is 1. The number of nitrogens with one attached hydrogen (secondary N) is 1. The van der Waals surface area contributed by atoms with Gasteiger partial charge in [0.05, 0.1) is 16.3 Å². The van der Waals surface area contributed by atoms with E-state index >= 15 is 0 Å². The van der Waals surface area contributed by atoms with Crippen molar-refractivity contribution in [1.29, 1.82) is 0 Å². The van der Waals surface area contributed by atoms with Gasteiger partial charge < -0.3 is 5.32 Å². The molecule has 0 bridgehead atoms. The van der Waals surface area contributed by atoms with Gasteiger partial charge in [0, 0.05) is 24.8 Å². The zero-order chi connectivity index (χ0) is 27.6. The van der Waals surface area contributed by atoms with Gasteiger partial charge in [-0.3, -0.25) is 9.88 Å². The average Bonchev–Trinajstić information content (AvgIpc) is 2.92. The predicted octanol–water partition coefficient (Wildman–Crippen LogP) is 7.54. The van der Waals surface area contributed by atoms with Gasteiger partial charge in [0.2, 0.25) is 0 Å². The third-order valence-electron chi connectivity index (χ3n) is 6.87. The number of aromatic nitrogens is 1. The molecule has 1 N–H and O–H groups in total. The van der Waals surface area contributed by atoms with Gasteiger partial charge in [-0.2, -0.15) is 13.2 Å². The van der Waals surface area contributed by atoms with E-state index < -0.39 is 29.1 Å². The third-order valence-corrected chi connectivity index (χ3v) is 7.09. The van der Waals surface area contributed by atoms with Crippen LogP contribution in [0.2, 0.25) is 5.02 Å². The van der Waals surface area contributed by atoms with Crippen molar-refractivity contribution in [1.82, 2.24) is 10.3 Å². The SMILES string of the molecule is O=C(N[C@@](Cc1ccccc1)(c1cc(F)cc(C(F)(F)F)c1)c1ccc(Cl)cn1)N1CCCc2ccccc21. The van der Waals surface area contributed by atoms with Gasteiger partial charge in [0.25, 0.3) is 0 Å². The Morgan fingerprint density at radius 2 is 1.67 bits per heavy atom. The molecule has 1 aliphatic rings. The molecule has 9 heteroatoms. The molecule has 3 aromatic carbocycles. The second kappa shape index (κ2) is 10.7. The molecule has 0 radical (unpaired) electrons. The lowest BCUT2D eigenvalue weighted by atomic mass is 9.79. The second-order valence-electron chi connectivity index (χ2n) is 9.47. The number of anilines is 1. The minimum atomic E-state index is -4.81. The first-order chi connectivity index (χ1) is 18.7. The highest BCUT2D eigenvalue weighted by Gasteiger charge is 2.42. The molecule has 2 heterocycles. The van der Waals surface area contributed by atoms with Gasteiger partial charge in [-0.1, -0.05) is 60.1 Å². The van der Waals surface area contributed by atoms with Crippen molar-refractivity contribution in [2.24, 2.45) is 0 Å². The summed E-state index contributed by atoms with van der Waals surface area (Å²) in [5.74, 6) is -1.08. The standard InChI is InChI=1S/C30H24ClF4N3O/c31-24-12-13-27(36-19-24)29(18-20-7-2-1-3-8-20,22-15-23(30(33,34)35)17-25(32)16-22)37-28(39)38-14-6-10-21-9-4-5-11-26(21)38/h1-5,7-9,11-13,15-17,19H,6,10,14,18H2,(H,37,39)/t29-/m0/s1. The van der Waals surface area contributed by atoms with E-state index in [9.17, 15) is 22.4 Å². The molecule has 1 aliphatic heterocycles. The molecule has 1 atom stereocenters. The zero-order valence-corrected chi connectivity index (χ0v) is 21.4. The predicted molar refractivity (Wildman–Crippen MR) is 142 cm³/mol. The number of hydrogen-bond donors (Lipinski definition) is 1.